The van der Waals surface area contributed by atoms with Gasteiger partial charge in [0.15, 0.2) is 5.60 Å². The molecule has 4 rings (SSSR count). The molecule has 1 aromatic rings. The number of ether oxygens (including phenoxy) is 1. The van der Waals surface area contributed by atoms with Gasteiger partial charge in [-0.2, -0.15) is 0 Å². The van der Waals surface area contributed by atoms with Gasteiger partial charge in [0.2, 0.25) is 0 Å². The standard InChI is InChI=1S/C20H28N2O3/c23-18(20(24)9-13-25-16-20)22-12-8-19(15-22)6-10-21(11-7-19)14-17-4-2-1-3-5-17/h1-5,24H,6-16H2. The summed E-state index contributed by atoms with van der Waals surface area (Å²) >= 11 is 0. The molecule has 5 nitrogen and oxygen atoms in total. The molecule has 0 aromatic heterocycles. The zero-order chi connectivity index (χ0) is 17.3. The largest absolute Gasteiger partial charge is 0.378 e. The van der Waals surface area contributed by atoms with Gasteiger partial charge in [0.25, 0.3) is 5.91 Å². The van der Waals surface area contributed by atoms with Crippen LogP contribution in [0, 0.1) is 5.41 Å². The molecule has 1 amide bonds. The lowest BCUT2D eigenvalue weighted by atomic mass is 9.77. The summed E-state index contributed by atoms with van der Waals surface area (Å²) in [5.74, 6) is -0.117. The van der Waals surface area contributed by atoms with Gasteiger partial charge < -0.3 is 14.7 Å². The number of rotatable bonds is 3. The third-order valence-corrected chi connectivity index (χ3v) is 6.29. The molecular formula is C20H28N2O3. The van der Waals surface area contributed by atoms with E-state index in [1.807, 2.05) is 4.90 Å². The Balaban J connectivity index is 1.32. The van der Waals surface area contributed by atoms with Crippen molar-refractivity contribution in [2.24, 2.45) is 5.41 Å². The van der Waals surface area contributed by atoms with E-state index in [9.17, 15) is 9.90 Å². The van der Waals surface area contributed by atoms with E-state index in [0.29, 0.717) is 13.0 Å². The molecule has 3 aliphatic heterocycles. The molecule has 3 heterocycles. The minimum Gasteiger partial charge on any atom is -0.378 e. The summed E-state index contributed by atoms with van der Waals surface area (Å²) < 4.78 is 5.24. The second-order valence-corrected chi connectivity index (χ2v) is 8.07. The third-order valence-electron chi connectivity index (χ3n) is 6.29. The highest BCUT2D eigenvalue weighted by atomic mass is 16.5. The van der Waals surface area contributed by atoms with Crippen molar-refractivity contribution in [3.8, 4) is 0 Å². The molecule has 0 aliphatic carbocycles. The molecule has 5 heteroatoms. The fraction of sp³-hybridized carbons (Fsp3) is 0.650. The van der Waals surface area contributed by atoms with Crippen LogP contribution in [0.25, 0.3) is 0 Å². The van der Waals surface area contributed by atoms with Crippen LogP contribution in [0.3, 0.4) is 0 Å². The van der Waals surface area contributed by atoms with Crippen LogP contribution in [0.5, 0.6) is 0 Å². The Kier molecular flexibility index (Phi) is 4.56. The average Bonchev–Trinajstić information content (AvgIpc) is 3.26. The molecule has 1 atom stereocenters. The number of hydrogen-bond donors (Lipinski definition) is 1. The van der Waals surface area contributed by atoms with Crippen LogP contribution in [0.2, 0.25) is 0 Å². The number of amides is 1. The van der Waals surface area contributed by atoms with Gasteiger partial charge in [-0.15, -0.1) is 0 Å². The summed E-state index contributed by atoms with van der Waals surface area (Å²) in [5.41, 5.74) is 0.336. The molecule has 25 heavy (non-hydrogen) atoms. The molecule has 0 radical (unpaired) electrons. The van der Waals surface area contributed by atoms with Gasteiger partial charge in [-0.1, -0.05) is 30.3 Å². The molecule has 3 aliphatic rings. The molecule has 0 saturated carbocycles. The molecule has 1 spiro atoms. The predicted molar refractivity (Wildman–Crippen MR) is 95.0 cm³/mol. The normalized spacial score (nSPS) is 29.4. The van der Waals surface area contributed by atoms with Gasteiger partial charge in [-0.3, -0.25) is 9.69 Å². The van der Waals surface area contributed by atoms with E-state index >= 15 is 0 Å². The number of hydrogen-bond acceptors (Lipinski definition) is 4. The van der Waals surface area contributed by atoms with E-state index < -0.39 is 5.60 Å². The smallest absolute Gasteiger partial charge is 0.257 e. The van der Waals surface area contributed by atoms with Gasteiger partial charge in [0.05, 0.1) is 13.2 Å². The van der Waals surface area contributed by atoms with Crippen molar-refractivity contribution in [1.82, 2.24) is 9.80 Å². The molecule has 3 fully saturated rings. The van der Waals surface area contributed by atoms with E-state index in [1.165, 1.54) is 5.56 Å². The van der Waals surface area contributed by atoms with Crippen LogP contribution in [-0.4, -0.2) is 65.8 Å². The summed E-state index contributed by atoms with van der Waals surface area (Å²) in [7, 11) is 0. The predicted octanol–water partition coefficient (Wildman–Crippen LogP) is 1.65. The van der Waals surface area contributed by atoms with Crippen molar-refractivity contribution >= 4 is 5.91 Å². The van der Waals surface area contributed by atoms with E-state index in [-0.39, 0.29) is 17.9 Å². The Labute approximate surface area is 149 Å². The number of carbonyl (C=O) groups excluding carboxylic acids is 1. The lowest BCUT2D eigenvalue weighted by Crippen LogP contribution is -2.50. The first-order chi connectivity index (χ1) is 12.1. The summed E-state index contributed by atoms with van der Waals surface area (Å²) in [6.45, 7) is 5.40. The molecule has 3 saturated heterocycles. The summed E-state index contributed by atoms with van der Waals surface area (Å²) in [5, 5.41) is 10.5. The highest BCUT2D eigenvalue weighted by Gasteiger charge is 2.48. The topological polar surface area (TPSA) is 53.0 Å². The van der Waals surface area contributed by atoms with Crippen molar-refractivity contribution in [2.75, 3.05) is 39.4 Å². The average molecular weight is 344 g/mol. The van der Waals surface area contributed by atoms with Crippen molar-refractivity contribution in [2.45, 2.75) is 37.8 Å². The third kappa shape index (κ3) is 3.46. The summed E-state index contributed by atoms with van der Waals surface area (Å²) in [6, 6.07) is 10.6. The minimum atomic E-state index is -1.28. The number of benzene rings is 1. The molecule has 1 N–H and O–H groups in total. The van der Waals surface area contributed by atoms with Crippen molar-refractivity contribution in [3.05, 3.63) is 35.9 Å². The SMILES string of the molecule is O=C(N1CCC2(CCN(Cc3ccccc3)CC2)C1)C1(O)CCOC1. The first-order valence-electron chi connectivity index (χ1n) is 9.45. The van der Waals surface area contributed by atoms with Crippen LogP contribution in [0.1, 0.15) is 31.2 Å². The fourth-order valence-electron chi connectivity index (χ4n) is 4.56. The fourth-order valence-corrected chi connectivity index (χ4v) is 4.56. The number of carbonyl (C=O) groups is 1. The van der Waals surface area contributed by atoms with Gasteiger partial charge in [0.1, 0.15) is 0 Å². The van der Waals surface area contributed by atoms with Crippen LogP contribution in [0.15, 0.2) is 30.3 Å². The molecule has 1 unspecified atom stereocenters. The van der Waals surface area contributed by atoms with E-state index in [4.69, 9.17) is 4.74 Å². The van der Waals surface area contributed by atoms with Crippen LogP contribution in [0.4, 0.5) is 0 Å². The van der Waals surface area contributed by atoms with Crippen LogP contribution < -0.4 is 0 Å². The van der Waals surface area contributed by atoms with Gasteiger partial charge in [0, 0.05) is 26.1 Å². The van der Waals surface area contributed by atoms with Gasteiger partial charge in [-0.25, -0.2) is 0 Å². The van der Waals surface area contributed by atoms with Crippen molar-refractivity contribution < 1.29 is 14.6 Å². The quantitative estimate of drug-likeness (QED) is 0.906. The van der Waals surface area contributed by atoms with Crippen molar-refractivity contribution in [3.63, 3.8) is 0 Å². The van der Waals surface area contributed by atoms with E-state index in [2.05, 4.69) is 35.2 Å². The lowest BCUT2D eigenvalue weighted by molar-refractivity contribution is -0.150. The van der Waals surface area contributed by atoms with Gasteiger partial charge in [-0.05, 0) is 43.3 Å². The Bertz CT molecular complexity index is 605. The molecule has 1 aromatic carbocycles. The molecule has 136 valence electrons. The van der Waals surface area contributed by atoms with Crippen LogP contribution in [-0.2, 0) is 16.1 Å². The van der Waals surface area contributed by atoms with Crippen molar-refractivity contribution in [1.29, 1.82) is 0 Å². The Hall–Kier alpha value is -1.43. The maximum absolute atomic E-state index is 12.7. The first kappa shape index (κ1) is 17.0. The number of nitrogens with zero attached hydrogens (tertiary/aromatic N) is 2. The number of aliphatic hydroxyl groups is 1. The number of piperidine rings is 1. The molecule has 0 bridgehead atoms. The molecular weight excluding hydrogens is 316 g/mol. The van der Waals surface area contributed by atoms with Crippen LogP contribution >= 0.6 is 0 Å². The Morgan fingerprint density at radius 3 is 2.48 bits per heavy atom. The Morgan fingerprint density at radius 2 is 1.80 bits per heavy atom. The second-order valence-electron chi connectivity index (χ2n) is 8.07. The zero-order valence-electron chi connectivity index (χ0n) is 14.8. The van der Waals surface area contributed by atoms with Gasteiger partial charge >= 0.3 is 0 Å². The highest BCUT2D eigenvalue weighted by Crippen LogP contribution is 2.41. The maximum atomic E-state index is 12.7. The van der Waals surface area contributed by atoms with E-state index in [0.717, 1.165) is 52.0 Å². The maximum Gasteiger partial charge on any atom is 0.257 e. The summed E-state index contributed by atoms with van der Waals surface area (Å²) in [6.07, 6.45) is 3.77. The zero-order valence-corrected chi connectivity index (χ0v) is 14.8. The second kappa shape index (κ2) is 6.71. The van der Waals surface area contributed by atoms with E-state index in [1.54, 1.807) is 0 Å². The monoisotopic (exact) mass is 344 g/mol. The highest BCUT2D eigenvalue weighted by molar-refractivity contribution is 5.85. The summed E-state index contributed by atoms with van der Waals surface area (Å²) in [4.78, 5) is 17.1. The minimum absolute atomic E-state index is 0.117. The lowest BCUT2D eigenvalue weighted by Gasteiger charge is -2.39. The Morgan fingerprint density at radius 1 is 1.08 bits per heavy atom. The number of likely N-dealkylation sites (tertiary alicyclic amines) is 2. The first-order valence-corrected chi connectivity index (χ1v) is 9.45.